The van der Waals surface area contributed by atoms with E-state index in [-0.39, 0.29) is 0 Å². The van der Waals surface area contributed by atoms with Gasteiger partial charge in [-0.3, -0.25) is 4.98 Å². The van der Waals surface area contributed by atoms with E-state index in [1.165, 1.54) is 25.1 Å². The second kappa shape index (κ2) is 5.30. The fourth-order valence-corrected chi connectivity index (χ4v) is 1.97. The maximum atomic E-state index is 4.35. The van der Waals surface area contributed by atoms with Crippen LogP contribution in [0, 0.1) is 5.92 Å². The summed E-state index contributed by atoms with van der Waals surface area (Å²) in [7, 11) is 1.95. The summed E-state index contributed by atoms with van der Waals surface area (Å²) >= 11 is 0. The number of anilines is 1. The lowest BCUT2D eigenvalue weighted by atomic mass is 10.2. The predicted octanol–water partition coefficient (Wildman–Crippen LogP) is 2.04. The maximum absolute atomic E-state index is 4.35. The lowest BCUT2D eigenvalue weighted by Gasteiger charge is -2.23. The first kappa shape index (κ1) is 11.4. The molecule has 0 unspecified atom stereocenters. The molecule has 1 aromatic rings. The van der Waals surface area contributed by atoms with E-state index in [1.807, 2.05) is 13.2 Å². The minimum atomic E-state index is 0.842. The van der Waals surface area contributed by atoms with E-state index >= 15 is 0 Å². The maximum Gasteiger partial charge on any atom is 0.0562 e. The Labute approximate surface area is 97.9 Å². The molecule has 0 radical (unpaired) electrons. The van der Waals surface area contributed by atoms with Gasteiger partial charge < -0.3 is 10.2 Å². The quantitative estimate of drug-likeness (QED) is 0.793. The van der Waals surface area contributed by atoms with Crippen LogP contribution in [0.5, 0.6) is 0 Å². The monoisotopic (exact) mass is 219 g/mol. The molecular formula is C13H21N3. The first-order valence-corrected chi connectivity index (χ1v) is 6.18. The number of nitrogens with one attached hydrogen (secondary N) is 1. The summed E-state index contributed by atoms with van der Waals surface area (Å²) in [4.78, 5) is 6.81. The average Bonchev–Trinajstić information content (AvgIpc) is 3.10. The molecule has 0 spiro atoms. The van der Waals surface area contributed by atoms with Gasteiger partial charge in [-0.2, -0.15) is 0 Å². The summed E-state index contributed by atoms with van der Waals surface area (Å²) in [5, 5.41) is 3.14. The van der Waals surface area contributed by atoms with Crippen molar-refractivity contribution in [2.75, 3.05) is 25.0 Å². The summed E-state index contributed by atoms with van der Waals surface area (Å²) in [5.74, 6) is 0.931. The SMILES string of the molecule is CCN(CC1CC1)c1ccnc(CNC)c1. The van der Waals surface area contributed by atoms with E-state index in [1.54, 1.807) is 0 Å². The van der Waals surface area contributed by atoms with Crippen molar-refractivity contribution in [3.05, 3.63) is 24.0 Å². The van der Waals surface area contributed by atoms with Crippen molar-refractivity contribution in [2.45, 2.75) is 26.3 Å². The zero-order chi connectivity index (χ0) is 11.4. The van der Waals surface area contributed by atoms with Crippen molar-refractivity contribution < 1.29 is 0 Å². The number of nitrogens with zero attached hydrogens (tertiary/aromatic N) is 2. The molecule has 1 fully saturated rings. The molecular weight excluding hydrogens is 198 g/mol. The predicted molar refractivity (Wildman–Crippen MR) is 67.6 cm³/mol. The van der Waals surface area contributed by atoms with Gasteiger partial charge in [0.2, 0.25) is 0 Å². The fraction of sp³-hybridized carbons (Fsp3) is 0.615. The lowest BCUT2D eigenvalue weighted by Crippen LogP contribution is -2.25. The van der Waals surface area contributed by atoms with Crippen LogP contribution < -0.4 is 10.2 Å². The van der Waals surface area contributed by atoms with Crippen LogP contribution >= 0.6 is 0 Å². The highest BCUT2D eigenvalue weighted by molar-refractivity contribution is 5.46. The Morgan fingerprint density at radius 1 is 1.50 bits per heavy atom. The fourth-order valence-electron chi connectivity index (χ4n) is 1.97. The molecule has 0 aliphatic heterocycles. The van der Waals surface area contributed by atoms with Gasteiger partial charge in [-0.15, -0.1) is 0 Å². The van der Waals surface area contributed by atoms with Gasteiger partial charge in [0.1, 0.15) is 0 Å². The highest BCUT2D eigenvalue weighted by Crippen LogP contribution is 2.31. The molecule has 2 rings (SSSR count). The molecule has 3 heteroatoms. The van der Waals surface area contributed by atoms with Crippen molar-refractivity contribution >= 4 is 5.69 Å². The standard InChI is InChI=1S/C13H21N3/c1-3-16(10-11-4-5-11)13-6-7-15-12(8-13)9-14-2/h6-8,11,14H,3-5,9-10H2,1-2H3. The van der Waals surface area contributed by atoms with Gasteiger partial charge in [-0.1, -0.05) is 0 Å². The number of hydrogen-bond acceptors (Lipinski definition) is 3. The van der Waals surface area contributed by atoms with Crippen LogP contribution in [0.4, 0.5) is 5.69 Å². The highest BCUT2D eigenvalue weighted by Gasteiger charge is 2.23. The number of pyridine rings is 1. The smallest absolute Gasteiger partial charge is 0.0562 e. The zero-order valence-electron chi connectivity index (χ0n) is 10.2. The highest BCUT2D eigenvalue weighted by atomic mass is 15.1. The van der Waals surface area contributed by atoms with Gasteiger partial charge in [0, 0.05) is 31.5 Å². The molecule has 16 heavy (non-hydrogen) atoms. The second-order valence-electron chi connectivity index (χ2n) is 4.52. The topological polar surface area (TPSA) is 28.2 Å². The number of rotatable bonds is 6. The molecule has 0 atom stereocenters. The van der Waals surface area contributed by atoms with Gasteiger partial charge in [0.25, 0.3) is 0 Å². The molecule has 1 aliphatic rings. The average molecular weight is 219 g/mol. The molecule has 0 bridgehead atoms. The first-order valence-electron chi connectivity index (χ1n) is 6.18. The number of hydrogen-bond donors (Lipinski definition) is 1. The normalized spacial score (nSPS) is 15.1. The van der Waals surface area contributed by atoms with Crippen LogP contribution in [0.15, 0.2) is 18.3 Å². The van der Waals surface area contributed by atoms with Crippen LogP contribution in [-0.4, -0.2) is 25.1 Å². The van der Waals surface area contributed by atoms with Crippen LogP contribution in [-0.2, 0) is 6.54 Å². The molecule has 3 nitrogen and oxygen atoms in total. The van der Waals surface area contributed by atoms with Crippen molar-refractivity contribution in [3.8, 4) is 0 Å². The molecule has 88 valence electrons. The van der Waals surface area contributed by atoms with E-state index in [4.69, 9.17) is 0 Å². The summed E-state index contributed by atoms with van der Waals surface area (Å²) in [6.45, 7) is 5.36. The van der Waals surface area contributed by atoms with Crippen molar-refractivity contribution in [1.82, 2.24) is 10.3 Å². The third-order valence-corrected chi connectivity index (χ3v) is 3.08. The van der Waals surface area contributed by atoms with Crippen LogP contribution in [0.25, 0.3) is 0 Å². The molecule has 1 aromatic heterocycles. The Morgan fingerprint density at radius 3 is 2.94 bits per heavy atom. The Balaban J connectivity index is 2.06. The lowest BCUT2D eigenvalue weighted by molar-refractivity contribution is 0.737. The van der Waals surface area contributed by atoms with Crippen molar-refractivity contribution in [3.63, 3.8) is 0 Å². The van der Waals surface area contributed by atoms with E-state index in [2.05, 4.69) is 34.3 Å². The Kier molecular flexibility index (Phi) is 3.78. The van der Waals surface area contributed by atoms with E-state index < -0.39 is 0 Å². The van der Waals surface area contributed by atoms with Crippen LogP contribution in [0.2, 0.25) is 0 Å². The second-order valence-corrected chi connectivity index (χ2v) is 4.52. The molecule has 1 N–H and O–H groups in total. The Hall–Kier alpha value is -1.09. The number of aromatic nitrogens is 1. The van der Waals surface area contributed by atoms with Gasteiger partial charge >= 0.3 is 0 Å². The van der Waals surface area contributed by atoms with Gasteiger partial charge in [0.05, 0.1) is 5.69 Å². The first-order chi connectivity index (χ1) is 7.83. The van der Waals surface area contributed by atoms with Gasteiger partial charge in [0.15, 0.2) is 0 Å². The Morgan fingerprint density at radius 2 is 2.31 bits per heavy atom. The minimum absolute atomic E-state index is 0.842. The molecule has 0 amide bonds. The van der Waals surface area contributed by atoms with E-state index in [9.17, 15) is 0 Å². The Bertz CT molecular complexity index is 334. The molecule has 0 aromatic carbocycles. The summed E-state index contributed by atoms with van der Waals surface area (Å²) in [6.07, 6.45) is 4.73. The molecule has 1 aliphatic carbocycles. The van der Waals surface area contributed by atoms with Crippen molar-refractivity contribution in [2.24, 2.45) is 5.92 Å². The molecule has 1 saturated carbocycles. The third-order valence-electron chi connectivity index (χ3n) is 3.08. The van der Waals surface area contributed by atoms with Crippen LogP contribution in [0.3, 0.4) is 0 Å². The summed E-state index contributed by atoms with van der Waals surface area (Å²) in [6, 6.07) is 4.31. The van der Waals surface area contributed by atoms with Gasteiger partial charge in [-0.25, -0.2) is 0 Å². The van der Waals surface area contributed by atoms with Crippen LogP contribution in [0.1, 0.15) is 25.5 Å². The van der Waals surface area contributed by atoms with E-state index in [0.717, 1.165) is 24.7 Å². The van der Waals surface area contributed by atoms with Gasteiger partial charge in [-0.05, 0) is 44.9 Å². The third kappa shape index (κ3) is 2.95. The molecule has 1 heterocycles. The zero-order valence-corrected chi connectivity index (χ0v) is 10.2. The summed E-state index contributed by atoms with van der Waals surface area (Å²) in [5.41, 5.74) is 2.43. The largest absolute Gasteiger partial charge is 0.371 e. The molecule has 0 saturated heterocycles. The van der Waals surface area contributed by atoms with E-state index in [0.29, 0.717) is 0 Å². The van der Waals surface area contributed by atoms with Crippen molar-refractivity contribution in [1.29, 1.82) is 0 Å². The summed E-state index contributed by atoms with van der Waals surface area (Å²) < 4.78 is 0. The minimum Gasteiger partial charge on any atom is -0.371 e.